The third kappa shape index (κ3) is 4.55. The second kappa shape index (κ2) is 6.93. The minimum atomic E-state index is 0.186. The van der Waals surface area contributed by atoms with Gasteiger partial charge < -0.3 is 14.5 Å². The van der Waals surface area contributed by atoms with Gasteiger partial charge in [-0.25, -0.2) is 0 Å². The first kappa shape index (κ1) is 15.0. The van der Waals surface area contributed by atoms with Crippen molar-refractivity contribution >= 4 is 5.91 Å². The van der Waals surface area contributed by atoms with Crippen molar-refractivity contribution in [2.24, 2.45) is 11.8 Å². The zero-order valence-corrected chi connectivity index (χ0v) is 13.2. The molecule has 4 nitrogen and oxygen atoms in total. The second-order valence-corrected chi connectivity index (χ2v) is 6.97. The standard InChI is InChI=1S/C17H28N2O2/c1-18(11-15-6-7-15)12-16-13-19(8-9-21-16)17(20)10-14-4-2-3-5-14/h2,4,14-16H,3,5-13H2,1H3/t14-,16+/m0/s1. The molecule has 1 saturated heterocycles. The van der Waals surface area contributed by atoms with E-state index in [9.17, 15) is 4.79 Å². The number of morpholine rings is 1. The van der Waals surface area contributed by atoms with Gasteiger partial charge in [-0.15, -0.1) is 0 Å². The first-order chi connectivity index (χ1) is 10.2. The topological polar surface area (TPSA) is 32.8 Å². The predicted octanol–water partition coefficient (Wildman–Crippen LogP) is 1.91. The molecule has 3 rings (SSSR count). The van der Waals surface area contributed by atoms with Gasteiger partial charge in [-0.05, 0) is 44.6 Å². The van der Waals surface area contributed by atoms with Gasteiger partial charge in [0, 0.05) is 32.6 Å². The molecule has 2 fully saturated rings. The Kier molecular flexibility index (Phi) is 4.96. The molecular formula is C17H28N2O2. The van der Waals surface area contributed by atoms with Crippen molar-refractivity contribution in [3.05, 3.63) is 12.2 Å². The van der Waals surface area contributed by atoms with E-state index in [1.165, 1.54) is 19.4 Å². The summed E-state index contributed by atoms with van der Waals surface area (Å²) in [6, 6.07) is 0. The fourth-order valence-electron chi connectivity index (χ4n) is 3.44. The number of amides is 1. The smallest absolute Gasteiger partial charge is 0.223 e. The monoisotopic (exact) mass is 292 g/mol. The maximum atomic E-state index is 12.4. The Labute approximate surface area is 128 Å². The fraction of sp³-hybridized carbons (Fsp3) is 0.824. The van der Waals surface area contributed by atoms with Gasteiger partial charge >= 0.3 is 0 Å². The van der Waals surface area contributed by atoms with Crippen LogP contribution >= 0.6 is 0 Å². The van der Waals surface area contributed by atoms with E-state index in [1.54, 1.807) is 0 Å². The molecule has 0 aromatic rings. The molecular weight excluding hydrogens is 264 g/mol. The van der Waals surface area contributed by atoms with Crippen LogP contribution in [0.3, 0.4) is 0 Å². The van der Waals surface area contributed by atoms with Crippen molar-refractivity contribution < 1.29 is 9.53 Å². The van der Waals surface area contributed by atoms with Gasteiger partial charge in [0.05, 0.1) is 12.7 Å². The molecule has 1 amide bonds. The predicted molar refractivity (Wildman–Crippen MR) is 83.0 cm³/mol. The summed E-state index contributed by atoms with van der Waals surface area (Å²) in [5, 5.41) is 0. The Balaban J connectivity index is 1.43. The van der Waals surface area contributed by atoms with Crippen molar-refractivity contribution in [1.82, 2.24) is 9.80 Å². The van der Waals surface area contributed by atoms with Crippen LogP contribution in [0.25, 0.3) is 0 Å². The lowest BCUT2D eigenvalue weighted by Crippen LogP contribution is -2.49. The van der Waals surface area contributed by atoms with Crippen LogP contribution in [0.5, 0.6) is 0 Å². The third-order valence-electron chi connectivity index (χ3n) is 4.82. The van der Waals surface area contributed by atoms with Crippen molar-refractivity contribution in [1.29, 1.82) is 0 Å². The van der Waals surface area contributed by atoms with Gasteiger partial charge in [0.15, 0.2) is 0 Å². The highest BCUT2D eigenvalue weighted by Crippen LogP contribution is 2.29. The molecule has 21 heavy (non-hydrogen) atoms. The van der Waals surface area contributed by atoms with Gasteiger partial charge in [0.1, 0.15) is 0 Å². The van der Waals surface area contributed by atoms with E-state index < -0.39 is 0 Å². The van der Waals surface area contributed by atoms with Gasteiger partial charge in [-0.1, -0.05) is 12.2 Å². The number of rotatable bonds is 6. The first-order valence-electron chi connectivity index (χ1n) is 8.45. The lowest BCUT2D eigenvalue weighted by molar-refractivity contribution is -0.140. The van der Waals surface area contributed by atoms with Gasteiger partial charge in [-0.3, -0.25) is 4.79 Å². The molecule has 1 saturated carbocycles. The highest BCUT2D eigenvalue weighted by molar-refractivity contribution is 5.76. The lowest BCUT2D eigenvalue weighted by atomic mass is 10.0. The van der Waals surface area contributed by atoms with Gasteiger partial charge in [-0.2, -0.15) is 0 Å². The Bertz CT molecular complexity index is 392. The van der Waals surface area contributed by atoms with Gasteiger partial charge in [0.2, 0.25) is 5.91 Å². The quantitative estimate of drug-likeness (QED) is 0.701. The van der Waals surface area contributed by atoms with E-state index in [2.05, 4.69) is 24.1 Å². The zero-order valence-electron chi connectivity index (χ0n) is 13.2. The summed E-state index contributed by atoms with van der Waals surface area (Å²) in [5.74, 6) is 1.69. The Hall–Kier alpha value is -0.870. The van der Waals surface area contributed by atoms with Crippen molar-refractivity contribution in [3.63, 3.8) is 0 Å². The molecule has 1 aliphatic heterocycles. The third-order valence-corrected chi connectivity index (χ3v) is 4.82. The van der Waals surface area contributed by atoms with Crippen LogP contribution in [0.2, 0.25) is 0 Å². The summed E-state index contributed by atoms with van der Waals surface area (Å²) in [5.41, 5.74) is 0. The normalized spacial score (nSPS) is 29.3. The average molecular weight is 292 g/mol. The van der Waals surface area contributed by atoms with Crippen LogP contribution in [-0.2, 0) is 9.53 Å². The molecule has 0 radical (unpaired) electrons. The largest absolute Gasteiger partial charge is 0.373 e. The van der Waals surface area contributed by atoms with Crippen LogP contribution in [-0.4, -0.2) is 61.6 Å². The maximum absolute atomic E-state index is 12.4. The number of ether oxygens (including phenoxy) is 1. The molecule has 0 aromatic heterocycles. The number of hydrogen-bond acceptors (Lipinski definition) is 3. The number of hydrogen-bond donors (Lipinski definition) is 0. The van der Waals surface area contributed by atoms with Crippen LogP contribution in [0.1, 0.15) is 32.1 Å². The Morgan fingerprint density at radius 1 is 1.33 bits per heavy atom. The Morgan fingerprint density at radius 2 is 2.19 bits per heavy atom. The van der Waals surface area contributed by atoms with E-state index in [-0.39, 0.29) is 6.10 Å². The number of likely N-dealkylation sites (N-methyl/N-ethyl adjacent to an activating group) is 1. The van der Waals surface area contributed by atoms with Crippen LogP contribution < -0.4 is 0 Å². The number of carbonyl (C=O) groups is 1. The molecule has 0 N–H and O–H groups in total. The van der Waals surface area contributed by atoms with Crippen molar-refractivity contribution in [2.45, 2.75) is 38.2 Å². The van der Waals surface area contributed by atoms with E-state index in [1.807, 2.05) is 4.90 Å². The first-order valence-corrected chi connectivity index (χ1v) is 8.45. The summed E-state index contributed by atoms with van der Waals surface area (Å²) in [6.45, 7) is 4.35. The second-order valence-electron chi connectivity index (χ2n) is 6.97. The number of allylic oxidation sites excluding steroid dienone is 2. The zero-order chi connectivity index (χ0) is 14.7. The van der Waals surface area contributed by atoms with Crippen molar-refractivity contribution in [2.75, 3.05) is 39.8 Å². The lowest BCUT2D eigenvalue weighted by Gasteiger charge is -2.35. The SMILES string of the molecule is CN(CC1CC1)C[C@@H]1CN(C(=O)C[C@H]2C=CCC2)CCO1. The van der Waals surface area contributed by atoms with E-state index in [0.717, 1.165) is 38.4 Å². The van der Waals surface area contributed by atoms with Crippen LogP contribution in [0, 0.1) is 11.8 Å². The summed E-state index contributed by atoms with van der Waals surface area (Å²) in [4.78, 5) is 16.8. The van der Waals surface area contributed by atoms with Crippen molar-refractivity contribution in [3.8, 4) is 0 Å². The maximum Gasteiger partial charge on any atom is 0.223 e. The van der Waals surface area contributed by atoms with E-state index in [4.69, 9.17) is 4.74 Å². The molecule has 1 heterocycles. The fourth-order valence-corrected chi connectivity index (χ4v) is 3.44. The highest BCUT2D eigenvalue weighted by Gasteiger charge is 2.28. The minimum absolute atomic E-state index is 0.186. The summed E-state index contributed by atoms with van der Waals surface area (Å²) in [6.07, 6.45) is 10.3. The molecule has 0 spiro atoms. The highest BCUT2D eigenvalue weighted by atomic mass is 16.5. The average Bonchev–Trinajstić information content (AvgIpc) is 3.12. The number of nitrogens with zero attached hydrogens (tertiary/aromatic N) is 2. The van der Waals surface area contributed by atoms with E-state index in [0.29, 0.717) is 24.9 Å². The number of carbonyl (C=O) groups excluding carboxylic acids is 1. The van der Waals surface area contributed by atoms with Crippen LogP contribution in [0.15, 0.2) is 12.2 Å². The summed E-state index contributed by atoms with van der Waals surface area (Å²) >= 11 is 0. The molecule has 0 aromatic carbocycles. The minimum Gasteiger partial charge on any atom is -0.373 e. The molecule has 4 heteroatoms. The molecule has 2 atom stereocenters. The molecule has 0 unspecified atom stereocenters. The van der Waals surface area contributed by atoms with E-state index >= 15 is 0 Å². The summed E-state index contributed by atoms with van der Waals surface area (Å²) < 4.78 is 5.85. The van der Waals surface area contributed by atoms with Gasteiger partial charge in [0.25, 0.3) is 0 Å². The van der Waals surface area contributed by atoms with Crippen LogP contribution in [0.4, 0.5) is 0 Å². The molecule has 0 bridgehead atoms. The Morgan fingerprint density at radius 3 is 2.90 bits per heavy atom. The molecule has 118 valence electrons. The molecule has 3 aliphatic rings. The summed E-state index contributed by atoms with van der Waals surface area (Å²) in [7, 11) is 2.17. The molecule has 2 aliphatic carbocycles.